The van der Waals surface area contributed by atoms with Gasteiger partial charge in [0.2, 0.25) is 15.9 Å². The molecule has 4 saturated carbocycles. The molecule has 0 radical (unpaired) electrons. The predicted octanol–water partition coefficient (Wildman–Crippen LogP) is 3.64. The second kappa shape index (κ2) is 8.37. The molecule has 6 rings (SSSR count). The van der Waals surface area contributed by atoms with Crippen LogP contribution in [0.1, 0.15) is 56.9 Å². The highest BCUT2D eigenvalue weighted by atomic mass is 32.2. The van der Waals surface area contributed by atoms with E-state index in [1.165, 1.54) is 0 Å². The van der Waals surface area contributed by atoms with Crippen molar-refractivity contribution in [1.29, 1.82) is 5.26 Å². The van der Waals surface area contributed by atoms with E-state index >= 15 is 0 Å². The van der Waals surface area contributed by atoms with E-state index in [1.54, 1.807) is 4.90 Å². The van der Waals surface area contributed by atoms with E-state index in [2.05, 4.69) is 16.1 Å². The van der Waals surface area contributed by atoms with Gasteiger partial charge in [0, 0.05) is 17.8 Å². The predicted molar refractivity (Wildman–Crippen MR) is 122 cm³/mol. The molecule has 5 fully saturated rings. The lowest BCUT2D eigenvalue weighted by molar-refractivity contribution is -0.137. The number of hydrogen-bond donors (Lipinski definition) is 2. The monoisotopic (exact) mass is 510 g/mol. The van der Waals surface area contributed by atoms with E-state index in [0.29, 0.717) is 32.2 Å². The summed E-state index contributed by atoms with van der Waals surface area (Å²) in [6.45, 7) is 0.631. The summed E-state index contributed by atoms with van der Waals surface area (Å²) in [4.78, 5) is 14.4. The van der Waals surface area contributed by atoms with Crippen LogP contribution in [0.25, 0.3) is 0 Å². The Morgan fingerprint density at radius 2 is 1.80 bits per heavy atom. The Kier molecular flexibility index (Phi) is 5.83. The SMILES string of the molecule is N#C[C@@H]1CCCN1C(=O)CNC12C[C@@H]3C[C@@H](C1)CC(S(=O)(=O)Nc1ccc(C(F)(F)F)cc1)(C3)C2. The van der Waals surface area contributed by atoms with Crippen molar-refractivity contribution in [2.24, 2.45) is 11.8 Å². The summed E-state index contributed by atoms with van der Waals surface area (Å²) < 4.78 is 67.5. The van der Waals surface area contributed by atoms with E-state index in [4.69, 9.17) is 0 Å². The van der Waals surface area contributed by atoms with Crippen LogP contribution in [-0.2, 0) is 21.0 Å². The molecule has 0 unspecified atom stereocenters. The first-order chi connectivity index (χ1) is 16.4. The molecule has 11 heteroatoms. The standard InChI is InChI=1S/C24H29F3N4O3S/c25-24(26,27)18-3-5-19(6-4-18)30-35(33,34)23-11-16-8-17(12-23)10-22(9-16,15-23)29-14-21(32)31-7-1-2-20(31)13-28/h3-6,16-17,20,29-30H,1-2,7-12,14-15H2/t16-,17-,20-,22?,23?/m0/s1. The van der Waals surface area contributed by atoms with Gasteiger partial charge in [-0.1, -0.05) is 0 Å². The van der Waals surface area contributed by atoms with Gasteiger partial charge in [-0.25, -0.2) is 8.42 Å². The molecular formula is C24H29F3N4O3S. The number of anilines is 1. The number of carbonyl (C=O) groups is 1. The van der Waals surface area contributed by atoms with Crippen LogP contribution in [0.15, 0.2) is 24.3 Å². The van der Waals surface area contributed by atoms with Crippen molar-refractivity contribution in [2.45, 2.75) is 73.9 Å². The highest BCUT2D eigenvalue weighted by Gasteiger charge is 2.63. The summed E-state index contributed by atoms with van der Waals surface area (Å²) in [5.74, 6) is 0.285. The minimum Gasteiger partial charge on any atom is -0.326 e. The molecule has 1 amide bonds. The summed E-state index contributed by atoms with van der Waals surface area (Å²) in [6, 6.07) is 5.82. The Hall–Kier alpha value is -2.32. The van der Waals surface area contributed by atoms with Crippen LogP contribution in [0.2, 0.25) is 0 Å². The second-order valence-electron chi connectivity index (χ2n) is 10.8. The van der Waals surface area contributed by atoms with Gasteiger partial charge in [0.05, 0.1) is 22.9 Å². The molecule has 2 N–H and O–H groups in total. The summed E-state index contributed by atoms with van der Waals surface area (Å²) in [6.07, 6.45) is 0.931. The maximum Gasteiger partial charge on any atom is 0.416 e. The largest absolute Gasteiger partial charge is 0.416 e. The summed E-state index contributed by atoms with van der Waals surface area (Å²) in [5, 5.41) is 12.7. The summed E-state index contributed by atoms with van der Waals surface area (Å²) in [7, 11) is -3.90. The quantitative estimate of drug-likeness (QED) is 0.609. The van der Waals surface area contributed by atoms with Crippen molar-refractivity contribution in [1.82, 2.24) is 10.2 Å². The van der Waals surface area contributed by atoms with Crippen LogP contribution in [0.4, 0.5) is 18.9 Å². The number of benzene rings is 1. The maximum absolute atomic E-state index is 13.6. The first-order valence-corrected chi connectivity index (χ1v) is 13.6. The topological polar surface area (TPSA) is 102 Å². The van der Waals surface area contributed by atoms with Gasteiger partial charge in [-0.15, -0.1) is 0 Å². The molecule has 1 aliphatic heterocycles. The van der Waals surface area contributed by atoms with E-state index in [0.717, 1.165) is 49.9 Å². The number of nitriles is 1. The Balaban J connectivity index is 1.33. The molecule has 0 aromatic heterocycles. The average molecular weight is 511 g/mol. The molecule has 4 bridgehead atoms. The molecule has 190 valence electrons. The highest BCUT2D eigenvalue weighted by molar-refractivity contribution is 7.94. The zero-order valence-corrected chi connectivity index (χ0v) is 20.1. The Bertz CT molecular complexity index is 1130. The first-order valence-electron chi connectivity index (χ1n) is 12.1. The van der Waals surface area contributed by atoms with Crippen LogP contribution < -0.4 is 10.0 Å². The highest BCUT2D eigenvalue weighted by Crippen LogP contribution is 2.60. The fraction of sp³-hybridized carbons (Fsp3) is 0.667. The Labute approximate surface area is 203 Å². The molecule has 3 atom stereocenters. The number of nitrogens with zero attached hydrogens (tertiary/aromatic N) is 2. The molecule has 0 spiro atoms. The Morgan fingerprint density at radius 3 is 2.40 bits per heavy atom. The minimum absolute atomic E-state index is 0.0695. The van der Waals surface area contributed by atoms with Gasteiger partial charge in [-0.05, 0) is 87.5 Å². The fourth-order valence-corrected chi connectivity index (χ4v) is 9.29. The summed E-state index contributed by atoms with van der Waals surface area (Å²) in [5.41, 5.74) is -1.20. The van der Waals surface area contributed by atoms with Gasteiger partial charge in [0.1, 0.15) is 6.04 Å². The fourth-order valence-electron chi connectivity index (χ4n) is 7.25. The van der Waals surface area contributed by atoms with Gasteiger partial charge in [0.15, 0.2) is 0 Å². The number of carbonyl (C=O) groups excluding carboxylic acids is 1. The average Bonchev–Trinajstić information content (AvgIpc) is 3.25. The third-order valence-electron chi connectivity index (χ3n) is 8.38. The van der Waals surface area contributed by atoms with Crippen LogP contribution in [-0.4, -0.2) is 48.6 Å². The molecular weight excluding hydrogens is 481 g/mol. The minimum atomic E-state index is -4.49. The zero-order chi connectivity index (χ0) is 25.1. The van der Waals surface area contributed by atoms with Crippen LogP contribution >= 0.6 is 0 Å². The molecule has 4 aliphatic carbocycles. The van der Waals surface area contributed by atoms with E-state index in [1.807, 2.05) is 0 Å². The van der Waals surface area contributed by atoms with Gasteiger partial charge in [-0.3, -0.25) is 9.52 Å². The number of nitrogens with one attached hydrogen (secondary N) is 2. The molecule has 35 heavy (non-hydrogen) atoms. The molecule has 1 aromatic rings. The van der Waals surface area contributed by atoms with Crippen molar-refractivity contribution >= 4 is 21.6 Å². The lowest BCUT2D eigenvalue weighted by atomic mass is 9.52. The molecule has 5 aliphatic rings. The van der Waals surface area contributed by atoms with Crippen LogP contribution in [0.3, 0.4) is 0 Å². The second-order valence-corrected chi connectivity index (χ2v) is 12.9. The molecule has 1 heterocycles. The van der Waals surface area contributed by atoms with Gasteiger partial charge in [0.25, 0.3) is 0 Å². The number of hydrogen-bond acceptors (Lipinski definition) is 5. The molecule has 1 saturated heterocycles. The summed E-state index contributed by atoms with van der Waals surface area (Å²) >= 11 is 0. The van der Waals surface area contributed by atoms with Crippen molar-refractivity contribution < 1.29 is 26.4 Å². The number of halogens is 3. The van der Waals surface area contributed by atoms with E-state index in [-0.39, 0.29) is 30.0 Å². The Morgan fingerprint density at radius 1 is 1.14 bits per heavy atom. The lowest BCUT2D eigenvalue weighted by Gasteiger charge is -2.61. The van der Waals surface area contributed by atoms with Gasteiger partial charge in [-0.2, -0.15) is 18.4 Å². The maximum atomic E-state index is 13.6. The number of sulfonamides is 1. The number of likely N-dealkylation sites (tertiary alicyclic amines) is 1. The third-order valence-corrected chi connectivity index (χ3v) is 10.5. The number of alkyl halides is 3. The normalized spacial score (nSPS) is 34.1. The molecule has 1 aromatic carbocycles. The number of amides is 1. The van der Waals surface area contributed by atoms with Gasteiger partial charge >= 0.3 is 6.18 Å². The van der Waals surface area contributed by atoms with Gasteiger partial charge < -0.3 is 10.2 Å². The third kappa shape index (κ3) is 4.40. The van der Waals surface area contributed by atoms with E-state index in [9.17, 15) is 31.6 Å². The van der Waals surface area contributed by atoms with Crippen LogP contribution in [0, 0.1) is 23.2 Å². The zero-order valence-electron chi connectivity index (χ0n) is 19.3. The first kappa shape index (κ1) is 24.4. The van der Waals surface area contributed by atoms with Crippen LogP contribution in [0.5, 0.6) is 0 Å². The van der Waals surface area contributed by atoms with Crippen molar-refractivity contribution in [3.8, 4) is 6.07 Å². The van der Waals surface area contributed by atoms with Crippen molar-refractivity contribution in [3.05, 3.63) is 29.8 Å². The lowest BCUT2D eigenvalue weighted by Crippen LogP contribution is -2.68. The number of rotatable bonds is 6. The molecule has 7 nitrogen and oxygen atoms in total. The van der Waals surface area contributed by atoms with Crippen molar-refractivity contribution in [2.75, 3.05) is 17.8 Å². The van der Waals surface area contributed by atoms with Crippen molar-refractivity contribution in [3.63, 3.8) is 0 Å². The smallest absolute Gasteiger partial charge is 0.326 e. The van der Waals surface area contributed by atoms with E-state index < -0.39 is 38.1 Å².